The van der Waals surface area contributed by atoms with Crippen molar-refractivity contribution in [1.29, 1.82) is 5.26 Å². The number of pyridine rings is 2. The highest BCUT2D eigenvalue weighted by atomic mass is 19.1. The summed E-state index contributed by atoms with van der Waals surface area (Å²) in [6.45, 7) is 0.217. The third-order valence-electron chi connectivity index (χ3n) is 5.35. The minimum absolute atomic E-state index is 0.0748. The molecule has 30 heavy (non-hydrogen) atoms. The molecule has 0 N–H and O–H groups in total. The average molecular weight is 398 g/mol. The minimum Gasteiger partial charge on any atom is -0.485 e. The van der Waals surface area contributed by atoms with E-state index < -0.39 is 11.2 Å². The summed E-state index contributed by atoms with van der Waals surface area (Å²) in [5.74, 6) is -0.207. The third-order valence-corrected chi connectivity index (χ3v) is 5.35. The van der Waals surface area contributed by atoms with Crippen LogP contribution in [-0.2, 0) is 12.0 Å². The van der Waals surface area contributed by atoms with E-state index in [-0.39, 0.29) is 18.7 Å². The number of aliphatic imine (C=N–C) groups is 1. The van der Waals surface area contributed by atoms with Gasteiger partial charge in [-0.25, -0.2) is 9.37 Å². The highest BCUT2D eigenvalue weighted by molar-refractivity contribution is 5.75. The fourth-order valence-electron chi connectivity index (χ4n) is 3.87. The van der Waals surface area contributed by atoms with Gasteiger partial charge in [0.05, 0.1) is 24.5 Å². The molecule has 0 saturated carbocycles. The summed E-state index contributed by atoms with van der Waals surface area (Å²) in [5, 5.41) is 10.0. The van der Waals surface area contributed by atoms with Crippen LogP contribution >= 0.6 is 0 Å². The fraction of sp³-hybridized carbons (Fsp3) is 0.130. The number of dihydropyridines is 1. The number of benzene rings is 1. The van der Waals surface area contributed by atoms with Gasteiger partial charge in [-0.2, -0.15) is 5.26 Å². The van der Waals surface area contributed by atoms with Crippen molar-refractivity contribution in [2.75, 3.05) is 6.54 Å². The first-order valence-electron chi connectivity index (χ1n) is 9.35. The van der Waals surface area contributed by atoms with Crippen LogP contribution in [0.2, 0.25) is 0 Å². The fourth-order valence-corrected chi connectivity index (χ4v) is 3.87. The van der Waals surface area contributed by atoms with Gasteiger partial charge in [0.25, 0.3) is 5.56 Å². The number of rotatable bonds is 2. The zero-order chi connectivity index (χ0) is 20.7. The van der Waals surface area contributed by atoms with Gasteiger partial charge in [-0.05, 0) is 24.3 Å². The van der Waals surface area contributed by atoms with Gasteiger partial charge < -0.3 is 4.74 Å². The molecular weight excluding hydrogens is 383 g/mol. The first-order valence-corrected chi connectivity index (χ1v) is 9.35. The zero-order valence-corrected chi connectivity index (χ0v) is 15.7. The molecule has 4 heterocycles. The van der Waals surface area contributed by atoms with Crippen molar-refractivity contribution < 1.29 is 9.13 Å². The first-order chi connectivity index (χ1) is 14.6. The van der Waals surface area contributed by atoms with E-state index >= 15 is 0 Å². The van der Waals surface area contributed by atoms with Gasteiger partial charge in [0.1, 0.15) is 29.3 Å². The number of para-hydroxylation sites is 1. The Balaban J connectivity index is 1.87. The van der Waals surface area contributed by atoms with Crippen molar-refractivity contribution in [1.82, 2.24) is 9.55 Å². The molecule has 146 valence electrons. The van der Waals surface area contributed by atoms with E-state index in [1.54, 1.807) is 29.0 Å². The molecule has 3 aromatic rings. The molecule has 1 atom stereocenters. The molecule has 7 heteroatoms. The topological polar surface area (TPSA) is 80.3 Å². The van der Waals surface area contributed by atoms with Gasteiger partial charge in [0, 0.05) is 29.1 Å². The second-order valence-electron chi connectivity index (χ2n) is 7.12. The maximum absolute atomic E-state index is 13.7. The maximum Gasteiger partial charge on any atom is 0.260 e. The summed E-state index contributed by atoms with van der Waals surface area (Å²) in [4.78, 5) is 22.1. The lowest BCUT2D eigenvalue weighted by atomic mass is 9.80. The number of allylic oxidation sites excluding steroid dienone is 1. The predicted octanol–water partition coefficient (Wildman–Crippen LogP) is 3.33. The SMILES string of the molecule is N#CC1(c2cc3c(n(-c4ccccc4)c2=O)COc2cc(F)cnc2-3)C=CC=NC1. The molecule has 0 aliphatic carbocycles. The van der Waals surface area contributed by atoms with E-state index in [1.807, 2.05) is 30.3 Å². The standard InChI is InChI=1S/C23H15FN4O2/c24-15-9-20-21(27-11-15)17-10-18(23(13-25)7-4-8-26-14-23)22(29)28(19(17)12-30-20)16-5-2-1-3-6-16/h1-11H,12,14H2. The largest absolute Gasteiger partial charge is 0.485 e. The molecule has 1 unspecified atom stereocenters. The number of hydrogen-bond acceptors (Lipinski definition) is 5. The molecule has 2 aliphatic heterocycles. The second-order valence-corrected chi connectivity index (χ2v) is 7.12. The van der Waals surface area contributed by atoms with Crippen molar-refractivity contribution in [2.24, 2.45) is 4.99 Å². The number of aromatic nitrogens is 2. The van der Waals surface area contributed by atoms with Crippen LogP contribution in [0.15, 0.2) is 70.6 Å². The van der Waals surface area contributed by atoms with Crippen LogP contribution in [0, 0.1) is 17.1 Å². The molecule has 0 bridgehead atoms. The Hall–Kier alpha value is -4.05. The van der Waals surface area contributed by atoms with E-state index in [4.69, 9.17) is 4.74 Å². The molecule has 0 spiro atoms. The predicted molar refractivity (Wildman–Crippen MR) is 109 cm³/mol. The molecule has 0 saturated heterocycles. The van der Waals surface area contributed by atoms with Gasteiger partial charge in [-0.1, -0.05) is 24.3 Å². The van der Waals surface area contributed by atoms with Crippen LogP contribution in [0.4, 0.5) is 4.39 Å². The summed E-state index contributed by atoms with van der Waals surface area (Å²) in [6.07, 6.45) is 6.08. The Morgan fingerprint density at radius 1 is 1.23 bits per heavy atom. The van der Waals surface area contributed by atoms with Crippen LogP contribution in [0.1, 0.15) is 11.3 Å². The number of nitrogens with zero attached hydrogens (tertiary/aromatic N) is 4. The Morgan fingerprint density at radius 2 is 2.07 bits per heavy atom. The molecule has 2 aliphatic rings. The quantitative estimate of drug-likeness (QED) is 0.663. The summed E-state index contributed by atoms with van der Waals surface area (Å²) in [7, 11) is 0. The van der Waals surface area contributed by atoms with Gasteiger partial charge in [0.15, 0.2) is 0 Å². The number of halogens is 1. The van der Waals surface area contributed by atoms with E-state index in [1.165, 1.54) is 6.07 Å². The number of nitriles is 1. The monoisotopic (exact) mass is 398 g/mol. The highest BCUT2D eigenvalue weighted by Gasteiger charge is 2.36. The molecule has 0 radical (unpaired) electrons. The summed E-state index contributed by atoms with van der Waals surface area (Å²) >= 11 is 0. The van der Waals surface area contributed by atoms with Crippen LogP contribution < -0.4 is 10.3 Å². The molecule has 6 nitrogen and oxygen atoms in total. The molecule has 1 aromatic carbocycles. The normalized spacial score (nSPS) is 18.8. The zero-order valence-electron chi connectivity index (χ0n) is 15.7. The second kappa shape index (κ2) is 6.78. The third kappa shape index (κ3) is 2.65. The summed E-state index contributed by atoms with van der Waals surface area (Å²) < 4.78 is 21.0. The van der Waals surface area contributed by atoms with Crippen molar-refractivity contribution in [3.63, 3.8) is 0 Å². The van der Waals surface area contributed by atoms with Crippen molar-refractivity contribution >= 4 is 6.21 Å². The van der Waals surface area contributed by atoms with Gasteiger partial charge in [0.2, 0.25) is 0 Å². The highest BCUT2D eigenvalue weighted by Crippen LogP contribution is 2.38. The smallest absolute Gasteiger partial charge is 0.260 e. The van der Waals surface area contributed by atoms with Crippen LogP contribution in [0.25, 0.3) is 16.9 Å². The van der Waals surface area contributed by atoms with Crippen LogP contribution in [-0.4, -0.2) is 22.3 Å². The van der Waals surface area contributed by atoms with Crippen molar-refractivity contribution in [3.05, 3.63) is 88.2 Å². The number of fused-ring (bicyclic) bond motifs is 3. The lowest BCUT2D eigenvalue weighted by Gasteiger charge is -2.28. The van der Waals surface area contributed by atoms with Crippen molar-refractivity contribution in [2.45, 2.75) is 12.0 Å². The molecule has 0 fully saturated rings. The summed E-state index contributed by atoms with van der Waals surface area (Å²) in [5.41, 5.74) is 1.07. The Kier molecular flexibility index (Phi) is 4.07. The molecular formula is C23H15FN4O2. The van der Waals surface area contributed by atoms with E-state index in [0.29, 0.717) is 34.0 Å². The Morgan fingerprint density at radius 3 is 2.80 bits per heavy atom. The van der Waals surface area contributed by atoms with Crippen LogP contribution in [0.5, 0.6) is 5.75 Å². The first kappa shape index (κ1) is 18.0. The van der Waals surface area contributed by atoms with E-state index in [9.17, 15) is 14.4 Å². The Labute approximate surface area is 171 Å². The van der Waals surface area contributed by atoms with Gasteiger partial charge >= 0.3 is 0 Å². The van der Waals surface area contributed by atoms with Crippen LogP contribution in [0.3, 0.4) is 0 Å². The van der Waals surface area contributed by atoms with Gasteiger partial charge in [-0.15, -0.1) is 0 Å². The summed E-state index contributed by atoms with van der Waals surface area (Å²) in [6, 6.07) is 14.4. The molecule has 0 amide bonds. The lowest BCUT2D eigenvalue weighted by Crippen LogP contribution is -2.38. The lowest BCUT2D eigenvalue weighted by molar-refractivity contribution is 0.290. The average Bonchev–Trinajstić information content (AvgIpc) is 2.79. The van der Waals surface area contributed by atoms with E-state index in [2.05, 4.69) is 16.0 Å². The number of ether oxygens (including phenoxy) is 1. The van der Waals surface area contributed by atoms with E-state index in [0.717, 1.165) is 6.20 Å². The Bertz CT molecular complexity index is 1320. The molecule has 5 rings (SSSR count). The van der Waals surface area contributed by atoms with Gasteiger partial charge in [-0.3, -0.25) is 14.4 Å². The molecule has 2 aromatic heterocycles. The van der Waals surface area contributed by atoms with Crippen molar-refractivity contribution in [3.8, 4) is 28.8 Å². The minimum atomic E-state index is -1.20. The maximum atomic E-state index is 13.7. The number of hydrogen-bond donors (Lipinski definition) is 0.